The van der Waals surface area contributed by atoms with Crippen LogP contribution in [0.2, 0.25) is 0 Å². The molecular weight excluding hydrogens is 555 g/mol. The largest absolute Gasteiger partial charge is 0.490 e. The second kappa shape index (κ2) is 13.7. The van der Waals surface area contributed by atoms with Gasteiger partial charge < -0.3 is 29.9 Å². The predicted molar refractivity (Wildman–Crippen MR) is 174 cm³/mol. The van der Waals surface area contributed by atoms with Crippen molar-refractivity contribution in [2.24, 2.45) is 11.3 Å². The van der Waals surface area contributed by atoms with Gasteiger partial charge in [0.15, 0.2) is 0 Å². The first-order valence-corrected chi connectivity index (χ1v) is 17.0. The molecule has 0 radical (unpaired) electrons. The minimum absolute atomic E-state index is 0.00439. The summed E-state index contributed by atoms with van der Waals surface area (Å²) in [4.78, 5) is 17.8. The summed E-state index contributed by atoms with van der Waals surface area (Å²) >= 11 is 0. The number of ether oxygens (including phenoxy) is 2. The van der Waals surface area contributed by atoms with E-state index in [1.807, 2.05) is 17.0 Å². The highest BCUT2D eigenvalue weighted by atomic mass is 19.1. The van der Waals surface area contributed by atoms with Gasteiger partial charge in [-0.25, -0.2) is 4.39 Å². The molecule has 1 aliphatic carbocycles. The van der Waals surface area contributed by atoms with Gasteiger partial charge in [0.1, 0.15) is 29.5 Å². The molecule has 240 valence electrons. The molecule has 8 heteroatoms. The molecule has 3 saturated heterocycles. The molecule has 2 N–H and O–H groups in total. The molecule has 0 spiro atoms. The van der Waals surface area contributed by atoms with Crippen molar-refractivity contribution >= 4 is 11.6 Å². The Labute approximate surface area is 262 Å². The normalized spacial score (nSPS) is 25.2. The van der Waals surface area contributed by atoms with E-state index in [4.69, 9.17) is 9.47 Å². The van der Waals surface area contributed by atoms with Crippen LogP contribution in [0.1, 0.15) is 87.6 Å². The van der Waals surface area contributed by atoms with Crippen LogP contribution in [0.5, 0.6) is 11.5 Å². The number of piperidine rings is 1. The Bertz CT molecular complexity index is 1270. The van der Waals surface area contributed by atoms with Crippen molar-refractivity contribution in [3.63, 3.8) is 0 Å². The van der Waals surface area contributed by atoms with Crippen LogP contribution in [0.15, 0.2) is 36.4 Å². The molecule has 6 rings (SSSR count). The van der Waals surface area contributed by atoms with E-state index in [0.717, 1.165) is 88.6 Å². The van der Waals surface area contributed by atoms with Gasteiger partial charge >= 0.3 is 0 Å². The lowest BCUT2D eigenvalue weighted by molar-refractivity contribution is 0.0595. The summed E-state index contributed by atoms with van der Waals surface area (Å²) in [6, 6.07) is 11.2. The first kappa shape index (κ1) is 31.2. The van der Waals surface area contributed by atoms with Crippen LogP contribution in [-0.4, -0.2) is 75.4 Å². The van der Waals surface area contributed by atoms with E-state index in [9.17, 15) is 9.18 Å². The number of anilines is 1. The number of nitrogens with one attached hydrogen (secondary N) is 2. The topological polar surface area (TPSA) is 66.1 Å². The molecular formula is C36H51FN4O3. The van der Waals surface area contributed by atoms with Crippen LogP contribution < -0.4 is 25.0 Å². The Morgan fingerprint density at radius 2 is 1.57 bits per heavy atom. The van der Waals surface area contributed by atoms with Crippen LogP contribution in [0, 0.1) is 17.2 Å². The number of hydrogen-bond acceptors (Lipinski definition) is 6. The molecule has 0 unspecified atom stereocenters. The molecule has 1 atom stereocenters. The van der Waals surface area contributed by atoms with Gasteiger partial charge in [-0.15, -0.1) is 0 Å². The molecule has 7 nitrogen and oxygen atoms in total. The lowest BCUT2D eigenvalue weighted by Crippen LogP contribution is -2.44. The predicted octanol–water partition coefficient (Wildman–Crippen LogP) is 5.98. The third-order valence-electron chi connectivity index (χ3n) is 10.4. The summed E-state index contributed by atoms with van der Waals surface area (Å²) in [7, 11) is 0. The second-order valence-electron chi connectivity index (χ2n) is 14.4. The maximum atomic E-state index is 14.6. The maximum Gasteiger partial charge on any atom is 0.253 e. The molecule has 44 heavy (non-hydrogen) atoms. The van der Waals surface area contributed by atoms with Crippen LogP contribution in [0.4, 0.5) is 10.1 Å². The summed E-state index contributed by atoms with van der Waals surface area (Å²) in [5.74, 6) is 2.69. The fraction of sp³-hybridized carbons (Fsp3) is 0.639. The van der Waals surface area contributed by atoms with Crippen LogP contribution in [0.25, 0.3) is 0 Å². The number of hydrogen-bond donors (Lipinski definition) is 2. The summed E-state index contributed by atoms with van der Waals surface area (Å²) in [5, 5.41) is 6.72. The molecule has 1 amide bonds. The SMILES string of the molecule is CC(C)(C)C1CCC(c2cc(C(=O)N3CCC(Oc4ccc(F)c(N5CCNCC5)c4)CC3)ccc2O[C@H]2CCNC2)CC1. The van der Waals surface area contributed by atoms with Crippen molar-refractivity contribution in [1.82, 2.24) is 15.5 Å². The van der Waals surface area contributed by atoms with Crippen molar-refractivity contribution in [2.45, 2.75) is 83.8 Å². The highest BCUT2D eigenvalue weighted by Gasteiger charge is 2.33. The Balaban J connectivity index is 1.10. The molecule has 2 aromatic carbocycles. The zero-order valence-electron chi connectivity index (χ0n) is 26.9. The van der Waals surface area contributed by atoms with E-state index in [2.05, 4.69) is 48.4 Å². The minimum atomic E-state index is -0.211. The lowest BCUT2D eigenvalue weighted by atomic mass is 9.68. The fourth-order valence-electron chi connectivity index (χ4n) is 7.55. The van der Waals surface area contributed by atoms with E-state index in [1.165, 1.54) is 24.5 Å². The second-order valence-corrected chi connectivity index (χ2v) is 14.4. The van der Waals surface area contributed by atoms with Gasteiger partial charge in [0, 0.05) is 70.3 Å². The number of halogens is 1. The van der Waals surface area contributed by atoms with Crippen molar-refractivity contribution < 1.29 is 18.7 Å². The van der Waals surface area contributed by atoms with Gasteiger partial charge in [0.25, 0.3) is 5.91 Å². The van der Waals surface area contributed by atoms with Crippen LogP contribution in [-0.2, 0) is 0 Å². The van der Waals surface area contributed by atoms with Gasteiger partial charge in [-0.1, -0.05) is 20.8 Å². The summed E-state index contributed by atoms with van der Waals surface area (Å²) < 4.78 is 27.4. The average molecular weight is 607 g/mol. The van der Waals surface area contributed by atoms with E-state index in [-0.39, 0.29) is 23.9 Å². The Morgan fingerprint density at radius 1 is 0.818 bits per heavy atom. The number of rotatable bonds is 7. The van der Waals surface area contributed by atoms with Gasteiger partial charge in [-0.2, -0.15) is 0 Å². The Kier molecular flexibility index (Phi) is 9.67. The molecule has 4 aliphatic rings. The fourth-order valence-corrected chi connectivity index (χ4v) is 7.55. The third-order valence-corrected chi connectivity index (χ3v) is 10.4. The van der Waals surface area contributed by atoms with Gasteiger partial charge in [0.2, 0.25) is 0 Å². The standard InChI is InChI=1S/C36H51FN4O3/c1-36(2,3)27-7-4-25(5-8-27)31-22-26(6-11-34(31)44-30-12-15-39-24-30)35(42)41-18-13-28(14-19-41)43-29-9-10-32(37)33(23-29)40-20-16-38-17-21-40/h6,9-11,22-23,25,27-28,30,38-39H,4-5,7-8,12-21,24H2,1-3H3/t25?,27?,30-/m0/s1. The molecule has 2 aromatic rings. The minimum Gasteiger partial charge on any atom is -0.490 e. The van der Waals surface area contributed by atoms with Gasteiger partial charge in [-0.3, -0.25) is 4.79 Å². The summed E-state index contributed by atoms with van der Waals surface area (Å²) in [6.45, 7) is 13.5. The lowest BCUT2D eigenvalue weighted by Gasteiger charge is -2.37. The van der Waals surface area contributed by atoms with Gasteiger partial charge in [0.05, 0.1) is 5.69 Å². The quantitative estimate of drug-likeness (QED) is 0.405. The van der Waals surface area contributed by atoms with E-state index < -0.39 is 0 Å². The molecule has 3 heterocycles. The number of carbonyl (C=O) groups excluding carboxylic acids is 1. The molecule has 3 aliphatic heterocycles. The van der Waals surface area contributed by atoms with Gasteiger partial charge in [-0.05, 0) is 91.8 Å². The zero-order chi connectivity index (χ0) is 30.7. The maximum absolute atomic E-state index is 14.6. The Hall–Kier alpha value is -2.84. The van der Waals surface area contributed by atoms with E-state index >= 15 is 0 Å². The summed E-state index contributed by atoms with van der Waals surface area (Å²) in [6.07, 6.45) is 7.44. The van der Waals surface area contributed by atoms with Crippen LogP contribution >= 0.6 is 0 Å². The number of nitrogens with zero attached hydrogens (tertiary/aromatic N) is 2. The molecule has 1 saturated carbocycles. The first-order chi connectivity index (χ1) is 21.2. The highest BCUT2D eigenvalue weighted by molar-refractivity contribution is 5.94. The van der Waals surface area contributed by atoms with Crippen molar-refractivity contribution in [3.8, 4) is 11.5 Å². The van der Waals surface area contributed by atoms with Crippen molar-refractivity contribution in [1.29, 1.82) is 0 Å². The number of carbonyl (C=O) groups is 1. The monoisotopic (exact) mass is 606 g/mol. The molecule has 0 bridgehead atoms. The van der Waals surface area contributed by atoms with Crippen LogP contribution in [0.3, 0.4) is 0 Å². The first-order valence-electron chi connectivity index (χ1n) is 17.0. The zero-order valence-corrected chi connectivity index (χ0v) is 26.9. The summed E-state index contributed by atoms with van der Waals surface area (Å²) in [5.41, 5.74) is 2.91. The molecule has 4 fully saturated rings. The van der Waals surface area contributed by atoms with Crippen molar-refractivity contribution in [2.75, 3.05) is 57.3 Å². The number of piperazine rings is 1. The Morgan fingerprint density at radius 3 is 2.25 bits per heavy atom. The number of amides is 1. The number of likely N-dealkylation sites (tertiary alicyclic amines) is 1. The molecule has 0 aromatic heterocycles. The smallest absolute Gasteiger partial charge is 0.253 e. The van der Waals surface area contributed by atoms with E-state index in [1.54, 1.807) is 6.07 Å². The third kappa shape index (κ3) is 7.34. The van der Waals surface area contributed by atoms with Crippen molar-refractivity contribution in [3.05, 3.63) is 53.3 Å². The number of benzene rings is 2. The highest BCUT2D eigenvalue weighted by Crippen LogP contribution is 2.45. The average Bonchev–Trinajstić information content (AvgIpc) is 3.55. The van der Waals surface area contributed by atoms with E-state index in [0.29, 0.717) is 35.9 Å².